The van der Waals surface area contributed by atoms with Gasteiger partial charge in [-0.15, -0.1) is 16.7 Å². The minimum atomic E-state index is -0.152. The van der Waals surface area contributed by atoms with Crippen LogP contribution < -0.4 is 0 Å². The summed E-state index contributed by atoms with van der Waals surface area (Å²) >= 11 is 5.95. The summed E-state index contributed by atoms with van der Waals surface area (Å²) < 4.78 is 1.80. The number of tetrazole rings is 1. The topological polar surface area (TPSA) is 43.6 Å². The van der Waals surface area contributed by atoms with E-state index >= 15 is 0 Å². The van der Waals surface area contributed by atoms with Crippen molar-refractivity contribution in [2.75, 3.05) is 0 Å². The van der Waals surface area contributed by atoms with Crippen molar-refractivity contribution in [3.05, 3.63) is 5.82 Å². The third kappa shape index (κ3) is 1.99. The zero-order valence-electron chi connectivity index (χ0n) is 8.45. The average Bonchev–Trinajstić information content (AvgIpc) is 2.52. The van der Waals surface area contributed by atoms with E-state index < -0.39 is 0 Å². The molecule has 0 bridgehead atoms. The van der Waals surface area contributed by atoms with Crippen LogP contribution in [0.25, 0.3) is 0 Å². The number of rotatable bonds is 3. The van der Waals surface area contributed by atoms with E-state index in [1.165, 1.54) is 0 Å². The Bertz CT molecular complexity index is 279. The van der Waals surface area contributed by atoms with Crippen molar-refractivity contribution >= 4 is 11.6 Å². The van der Waals surface area contributed by atoms with Gasteiger partial charge in [0.1, 0.15) is 0 Å². The first-order chi connectivity index (χ1) is 5.99. The van der Waals surface area contributed by atoms with Crippen molar-refractivity contribution in [2.45, 2.75) is 45.0 Å². The van der Waals surface area contributed by atoms with Gasteiger partial charge in [-0.2, -0.15) is 0 Å². The molecule has 13 heavy (non-hydrogen) atoms. The van der Waals surface area contributed by atoms with Gasteiger partial charge in [0.25, 0.3) is 0 Å². The van der Waals surface area contributed by atoms with E-state index in [2.05, 4.69) is 36.3 Å². The van der Waals surface area contributed by atoms with Gasteiger partial charge in [0.05, 0.1) is 10.9 Å². The maximum atomic E-state index is 5.95. The smallest absolute Gasteiger partial charge is 0.169 e. The van der Waals surface area contributed by atoms with Crippen LogP contribution in [0.1, 0.15) is 45.3 Å². The lowest BCUT2D eigenvalue weighted by Crippen LogP contribution is -2.28. The summed E-state index contributed by atoms with van der Waals surface area (Å²) in [5, 5.41) is 11.3. The second kappa shape index (κ2) is 3.62. The maximum Gasteiger partial charge on any atom is 0.169 e. The van der Waals surface area contributed by atoms with Gasteiger partial charge >= 0.3 is 0 Å². The summed E-state index contributed by atoms with van der Waals surface area (Å²) in [5.41, 5.74) is -0.0675. The van der Waals surface area contributed by atoms with E-state index in [0.717, 1.165) is 12.2 Å². The molecule has 0 spiro atoms. The van der Waals surface area contributed by atoms with Crippen LogP contribution in [0, 0.1) is 0 Å². The van der Waals surface area contributed by atoms with Crippen molar-refractivity contribution < 1.29 is 0 Å². The molecule has 0 saturated heterocycles. The van der Waals surface area contributed by atoms with E-state index in [1.807, 2.05) is 6.92 Å². The molecule has 0 aliphatic rings. The first-order valence-corrected chi connectivity index (χ1v) is 4.85. The SMILES string of the molecule is CCC(C)(C)n1nnnc1C(C)Cl. The van der Waals surface area contributed by atoms with Gasteiger partial charge in [-0.05, 0) is 37.6 Å². The number of halogens is 1. The Kier molecular flexibility index (Phi) is 2.91. The molecule has 1 rings (SSSR count). The summed E-state index contributed by atoms with van der Waals surface area (Å²) in [7, 11) is 0. The fraction of sp³-hybridized carbons (Fsp3) is 0.875. The molecule has 0 fully saturated rings. The largest absolute Gasteiger partial charge is 0.223 e. The van der Waals surface area contributed by atoms with Crippen molar-refractivity contribution in [1.29, 1.82) is 0 Å². The lowest BCUT2D eigenvalue weighted by molar-refractivity contribution is 0.291. The summed E-state index contributed by atoms with van der Waals surface area (Å²) in [6, 6.07) is 0. The minimum Gasteiger partial charge on any atom is -0.223 e. The molecule has 0 radical (unpaired) electrons. The number of hydrogen-bond donors (Lipinski definition) is 0. The first kappa shape index (κ1) is 10.4. The quantitative estimate of drug-likeness (QED) is 0.706. The molecule has 5 heteroatoms. The van der Waals surface area contributed by atoms with Crippen LogP contribution in [0.15, 0.2) is 0 Å². The Morgan fingerprint density at radius 2 is 2.15 bits per heavy atom. The highest BCUT2D eigenvalue weighted by molar-refractivity contribution is 6.20. The summed E-state index contributed by atoms with van der Waals surface area (Å²) in [6.07, 6.45) is 0.967. The van der Waals surface area contributed by atoms with E-state index in [0.29, 0.717) is 0 Å². The second-order valence-electron chi connectivity index (χ2n) is 3.73. The summed E-state index contributed by atoms with van der Waals surface area (Å²) in [4.78, 5) is 0. The van der Waals surface area contributed by atoms with Crippen LogP contribution in [0.3, 0.4) is 0 Å². The lowest BCUT2D eigenvalue weighted by Gasteiger charge is -2.24. The predicted octanol–water partition coefficient (Wildman–Crippen LogP) is 2.12. The minimum absolute atomic E-state index is 0.0675. The van der Waals surface area contributed by atoms with Gasteiger partial charge < -0.3 is 0 Å². The monoisotopic (exact) mass is 202 g/mol. The molecular weight excluding hydrogens is 188 g/mol. The Balaban J connectivity index is 3.07. The third-order valence-electron chi connectivity index (χ3n) is 2.29. The molecule has 0 N–H and O–H groups in total. The Morgan fingerprint density at radius 3 is 2.62 bits per heavy atom. The molecule has 0 aliphatic carbocycles. The Hall–Kier alpha value is -0.640. The standard InChI is InChI=1S/C8H15ClN4/c1-5-8(3,4)13-7(6(2)9)10-11-12-13/h6H,5H2,1-4H3. The van der Waals surface area contributed by atoms with Crippen LogP contribution in [-0.2, 0) is 5.54 Å². The van der Waals surface area contributed by atoms with Crippen LogP contribution in [0.2, 0.25) is 0 Å². The maximum absolute atomic E-state index is 5.95. The highest BCUT2D eigenvalue weighted by Gasteiger charge is 2.24. The number of nitrogens with zero attached hydrogens (tertiary/aromatic N) is 4. The number of alkyl halides is 1. The highest BCUT2D eigenvalue weighted by atomic mass is 35.5. The van der Waals surface area contributed by atoms with Crippen molar-refractivity contribution in [3.8, 4) is 0 Å². The van der Waals surface area contributed by atoms with Crippen LogP contribution in [-0.4, -0.2) is 20.2 Å². The molecule has 0 saturated carbocycles. The van der Waals surface area contributed by atoms with Gasteiger partial charge in [0.15, 0.2) is 5.82 Å². The highest BCUT2D eigenvalue weighted by Crippen LogP contribution is 2.24. The molecule has 4 nitrogen and oxygen atoms in total. The van der Waals surface area contributed by atoms with Crippen molar-refractivity contribution in [2.24, 2.45) is 0 Å². The molecule has 0 aliphatic heterocycles. The third-order valence-corrected chi connectivity index (χ3v) is 2.48. The molecule has 1 unspecified atom stereocenters. The summed E-state index contributed by atoms with van der Waals surface area (Å²) in [6.45, 7) is 8.15. The summed E-state index contributed by atoms with van der Waals surface area (Å²) in [5.74, 6) is 0.730. The zero-order valence-corrected chi connectivity index (χ0v) is 9.21. The molecule has 1 atom stereocenters. The van der Waals surface area contributed by atoms with E-state index in [-0.39, 0.29) is 10.9 Å². The van der Waals surface area contributed by atoms with E-state index in [9.17, 15) is 0 Å². The van der Waals surface area contributed by atoms with Gasteiger partial charge in [-0.3, -0.25) is 0 Å². The average molecular weight is 203 g/mol. The molecule has 1 aromatic rings. The van der Waals surface area contributed by atoms with Gasteiger partial charge in [0, 0.05) is 0 Å². The van der Waals surface area contributed by atoms with Gasteiger partial charge in [-0.1, -0.05) is 6.92 Å². The molecule has 1 aromatic heterocycles. The van der Waals surface area contributed by atoms with E-state index in [4.69, 9.17) is 11.6 Å². The molecular formula is C8H15ClN4. The van der Waals surface area contributed by atoms with E-state index in [1.54, 1.807) is 4.68 Å². The number of hydrogen-bond acceptors (Lipinski definition) is 3. The first-order valence-electron chi connectivity index (χ1n) is 4.42. The van der Waals surface area contributed by atoms with Crippen molar-refractivity contribution in [3.63, 3.8) is 0 Å². The van der Waals surface area contributed by atoms with Gasteiger partial charge in [0.2, 0.25) is 0 Å². The number of aromatic nitrogens is 4. The predicted molar refractivity (Wildman–Crippen MR) is 51.7 cm³/mol. The molecule has 74 valence electrons. The van der Waals surface area contributed by atoms with Crippen LogP contribution in [0.5, 0.6) is 0 Å². The molecule has 1 heterocycles. The van der Waals surface area contributed by atoms with Crippen LogP contribution in [0.4, 0.5) is 0 Å². The normalized spacial score (nSPS) is 14.5. The second-order valence-corrected chi connectivity index (χ2v) is 4.39. The van der Waals surface area contributed by atoms with Gasteiger partial charge in [-0.25, -0.2) is 4.68 Å². The molecule has 0 aromatic carbocycles. The van der Waals surface area contributed by atoms with Crippen molar-refractivity contribution in [1.82, 2.24) is 20.2 Å². The van der Waals surface area contributed by atoms with Crippen LogP contribution >= 0.6 is 11.6 Å². The zero-order chi connectivity index (χ0) is 10.1. The fourth-order valence-corrected chi connectivity index (χ4v) is 1.16. The molecule has 0 amide bonds. The fourth-order valence-electron chi connectivity index (χ4n) is 1.02. The Morgan fingerprint density at radius 1 is 1.54 bits per heavy atom. The Labute approximate surface area is 83.3 Å². The lowest BCUT2D eigenvalue weighted by atomic mass is 10.0.